The highest BCUT2D eigenvalue weighted by Gasteiger charge is 2.42. The topological polar surface area (TPSA) is 18.8 Å². The van der Waals surface area contributed by atoms with Crippen LogP contribution in [0.1, 0.15) is 29.2 Å². The SMILES string of the molecule is CC1=Nc2ccc(C)cc2C(c2ccc(N(C)C)cc2)(c2ccc(N(C)C)cc2)S1. The predicted octanol–water partition coefficient (Wildman–Crippen LogP) is 6.22. The standard InChI is InChI=1S/C26H29N3S/c1-18-7-16-25-24(17-18)26(30-19(2)27-25,20-8-12-22(13-9-20)28(3)4)21-10-14-23(15-11-21)29(5)6/h7-17H,1-6H3. The molecule has 0 aliphatic carbocycles. The molecule has 4 rings (SSSR count). The summed E-state index contributed by atoms with van der Waals surface area (Å²) in [7, 11) is 8.32. The van der Waals surface area contributed by atoms with Gasteiger partial charge in [0.05, 0.1) is 15.5 Å². The Labute approximate surface area is 184 Å². The summed E-state index contributed by atoms with van der Waals surface area (Å²) in [5, 5.41) is 1.08. The lowest BCUT2D eigenvalue weighted by Crippen LogP contribution is -2.29. The van der Waals surface area contributed by atoms with Crippen molar-refractivity contribution in [2.75, 3.05) is 38.0 Å². The molecule has 154 valence electrons. The number of aliphatic imine (C=N–C) groups is 1. The predicted molar refractivity (Wildman–Crippen MR) is 133 cm³/mol. The molecule has 0 N–H and O–H groups in total. The van der Waals surface area contributed by atoms with Gasteiger partial charge >= 0.3 is 0 Å². The normalized spacial score (nSPS) is 14.7. The van der Waals surface area contributed by atoms with Gasteiger partial charge in [-0.1, -0.05) is 53.7 Å². The molecule has 0 amide bonds. The van der Waals surface area contributed by atoms with E-state index in [9.17, 15) is 0 Å². The van der Waals surface area contributed by atoms with Gasteiger partial charge in [-0.05, 0) is 55.3 Å². The fourth-order valence-electron chi connectivity index (χ4n) is 4.08. The number of rotatable bonds is 4. The van der Waals surface area contributed by atoms with Crippen molar-refractivity contribution in [1.29, 1.82) is 0 Å². The maximum atomic E-state index is 4.89. The van der Waals surface area contributed by atoms with Crippen LogP contribution in [0.4, 0.5) is 17.1 Å². The second-order valence-electron chi connectivity index (χ2n) is 8.32. The van der Waals surface area contributed by atoms with E-state index < -0.39 is 0 Å². The molecule has 0 unspecified atom stereocenters. The quantitative estimate of drug-likeness (QED) is 0.504. The van der Waals surface area contributed by atoms with E-state index in [1.807, 2.05) is 11.8 Å². The molecule has 0 radical (unpaired) electrons. The number of benzene rings is 3. The maximum Gasteiger partial charge on any atom is 0.0986 e. The van der Waals surface area contributed by atoms with Crippen LogP contribution in [0.15, 0.2) is 71.7 Å². The third kappa shape index (κ3) is 3.50. The molecular formula is C26H29N3S. The Morgan fingerprint density at radius 3 is 1.67 bits per heavy atom. The lowest BCUT2D eigenvalue weighted by molar-refractivity contribution is 0.893. The average molecular weight is 416 g/mol. The Morgan fingerprint density at radius 2 is 1.20 bits per heavy atom. The zero-order valence-electron chi connectivity index (χ0n) is 18.6. The minimum atomic E-state index is -0.330. The van der Waals surface area contributed by atoms with Crippen LogP contribution in [0.3, 0.4) is 0 Å². The van der Waals surface area contributed by atoms with Gasteiger partial charge in [0.25, 0.3) is 0 Å². The second-order valence-corrected chi connectivity index (χ2v) is 9.72. The molecule has 3 aromatic rings. The van der Waals surface area contributed by atoms with Gasteiger partial charge in [-0.2, -0.15) is 0 Å². The van der Waals surface area contributed by atoms with Crippen LogP contribution in [0.2, 0.25) is 0 Å². The van der Waals surface area contributed by atoms with Gasteiger partial charge in [0, 0.05) is 45.1 Å². The molecule has 0 spiro atoms. The van der Waals surface area contributed by atoms with E-state index in [2.05, 4.69) is 119 Å². The first kappa shape index (κ1) is 20.5. The second kappa shape index (κ2) is 7.84. The number of fused-ring (bicyclic) bond motifs is 1. The lowest BCUT2D eigenvalue weighted by atomic mass is 9.82. The molecule has 3 nitrogen and oxygen atoms in total. The van der Waals surface area contributed by atoms with Crippen LogP contribution < -0.4 is 9.80 Å². The Morgan fingerprint density at radius 1 is 0.700 bits per heavy atom. The van der Waals surface area contributed by atoms with Crippen molar-refractivity contribution < 1.29 is 0 Å². The molecule has 0 saturated carbocycles. The molecule has 0 atom stereocenters. The van der Waals surface area contributed by atoms with E-state index in [1.54, 1.807) is 0 Å². The van der Waals surface area contributed by atoms with Crippen molar-refractivity contribution in [3.05, 3.63) is 89.0 Å². The fourth-order valence-corrected chi connectivity index (χ4v) is 5.45. The summed E-state index contributed by atoms with van der Waals surface area (Å²) in [6, 6.07) is 24.5. The Bertz CT molecular complexity index is 1030. The summed E-state index contributed by atoms with van der Waals surface area (Å²) in [6.07, 6.45) is 0. The summed E-state index contributed by atoms with van der Waals surface area (Å²) in [5.41, 5.74) is 8.52. The molecule has 0 aromatic heterocycles. The van der Waals surface area contributed by atoms with Crippen molar-refractivity contribution in [1.82, 2.24) is 0 Å². The molecule has 1 heterocycles. The Balaban J connectivity index is 1.99. The van der Waals surface area contributed by atoms with Crippen LogP contribution in [0, 0.1) is 6.92 Å². The first-order valence-electron chi connectivity index (χ1n) is 10.2. The van der Waals surface area contributed by atoms with Gasteiger partial charge in [0.15, 0.2) is 0 Å². The monoisotopic (exact) mass is 415 g/mol. The summed E-state index contributed by atoms with van der Waals surface area (Å²) in [4.78, 5) is 9.17. The molecule has 1 aliphatic rings. The Hall–Kier alpha value is -2.72. The summed E-state index contributed by atoms with van der Waals surface area (Å²) in [5.74, 6) is 0. The molecule has 3 aromatic carbocycles. The van der Waals surface area contributed by atoms with Crippen LogP contribution in [-0.2, 0) is 4.75 Å². The summed E-state index contributed by atoms with van der Waals surface area (Å²) < 4.78 is -0.330. The van der Waals surface area contributed by atoms with Crippen molar-refractivity contribution in [2.45, 2.75) is 18.6 Å². The smallest absolute Gasteiger partial charge is 0.0986 e. The zero-order valence-corrected chi connectivity index (χ0v) is 19.4. The number of anilines is 2. The van der Waals surface area contributed by atoms with Crippen molar-refractivity contribution in [2.24, 2.45) is 4.99 Å². The first-order valence-corrected chi connectivity index (χ1v) is 11.0. The molecule has 1 aliphatic heterocycles. The first-order chi connectivity index (χ1) is 14.3. The number of aryl methyl sites for hydroxylation is 1. The molecule has 0 fully saturated rings. The third-order valence-electron chi connectivity index (χ3n) is 5.69. The van der Waals surface area contributed by atoms with Crippen molar-refractivity contribution in [3.8, 4) is 0 Å². The average Bonchev–Trinajstić information content (AvgIpc) is 2.73. The van der Waals surface area contributed by atoms with E-state index in [0.717, 1.165) is 10.7 Å². The molecule has 30 heavy (non-hydrogen) atoms. The Kier molecular flexibility index (Phi) is 5.37. The van der Waals surface area contributed by atoms with E-state index in [-0.39, 0.29) is 4.75 Å². The maximum absolute atomic E-state index is 4.89. The van der Waals surface area contributed by atoms with Gasteiger partial charge < -0.3 is 9.80 Å². The highest BCUT2D eigenvalue weighted by molar-refractivity contribution is 8.15. The van der Waals surface area contributed by atoms with E-state index in [0.29, 0.717) is 0 Å². The molecule has 0 bridgehead atoms. The van der Waals surface area contributed by atoms with Crippen molar-refractivity contribution >= 4 is 33.9 Å². The minimum absolute atomic E-state index is 0.330. The lowest BCUT2D eigenvalue weighted by Gasteiger charge is -2.39. The molecule has 4 heteroatoms. The largest absolute Gasteiger partial charge is 0.378 e. The summed E-state index contributed by atoms with van der Waals surface area (Å²) >= 11 is 1.84. The van der Waals surface area contributed by atoms with Gasteiger partial charge in [-0.3, -0.25) is 0 Å². The number of hydrogen-bond donors (Lipinski definition) is 0. The summed E-state index contributed by atoms with van der Waals surface area (Å²) in [6.45, 7) is 4.27. The fraction of sp³-hybridized carbons (Fsp3) is 0.269. The van der Waals surface area contributed by atoms with E-state index >= 15 is 0 Å². The van der Waals surface area contributed by atoms with Gasteiger partial charge in [0.2, 0.25) is 0 Å². The van der Waals surface area contributed by atoms with Gasteiger partial charge in [0.1, 0.15) is 0 Å². The highest BCUT2D eigenvalue weighted by atomic mass is 32.2. The minimum Gasteiger partial charge on any atom is -0.378 e. The number of thioether (sulfide) groups is 1. The van der Waals surface area contributed by atoms with Crippen LogP contribution in [0.5, 0.6) is 0 Å². The van der Waals surface area contributed by atoms with Crippen LogP contribution >= 0.6 is 11.8 Å². The third-order valence-corrected chi connectivity index (χ3v) is 7.07. The van der Waals surface area contributed by atoms with Crippen molar-refractivity contribution in [3.63, 3.8) is 0 Å². The molecule has 0 saturated heterocycles. The number of hydrogen-bond acceptors (Lipinski definition) is 4. The highest BCUT2D eigenvalue weighted by Crippen LogP contribution is 2.55. The molecular weight excluding hydrogens is 386 g/mol. The van der Waals surface area contributed by atoms with Gasteiger partial charge in [-0.25, -0.2) is 4.99 Å². The number of nitrogens with zero attached hydrogens (tertiary/aromatic N) is 3. The zero-order chi connectivity index (χ0) is 21.5. The van der Waals surface area contributed by atoms with Crippen LogP contribution in [0.25, 0.3) is 0 Å². The van der Waals surface area contributed by atoms with Crippen LogP contribution in [-0.4, -0.2) is 33.2 Å². The van der Waals surface area contributed by atoms with E-state index in [4.69, 9.17) is 4.99 Å². The van der Waals surface area contributed by atoms with E-state index in [1.165, 1.54) is 33.6 Å². The van der Waals surface area contributed by atoms with Gasteiger partial charge in [-0.15, -0.1) is 0 Å².